The maximum atomic E-state index is 6.54. The Bertz CT molecular complexity index is 406. The Hall–Kier alpha value is -0.120. The van der Waals surface area contributed by atoms with Gasteiger partial charge in [0.15, 0.2) is 0 Å². The largest absolute Gasteiger partial charge is 0.378 e. The van der Waals surface area contributed by atoms with E-state index in [1.165, 1.54) is 154 Å². The fraction of sp³-hybridized carbons (Fsp3) is 1.00. The summed E-state index contributed by atoms with van der Waals surface area (Å²) in [6, 6.07) is 0. The summed E-state index contributed by atoms with van der Waals surface area (Å²) in [5.74, 6) is 0. The van der Waals surface area contributed by atoms with Gasteiger partial charge in [0.2, 0.25) is 0 Å². The molecule has 4 atom stereocenters. The zero-order chi connectivity index (χ0) is 24.8. The predicted molar refractivity (Wildman–Crippen MR) is 150 cm³/mol. The van der Waals surface area contributed by atoms with Crippen LogP contribution in [-0.4, -0.2) is 37.6 Å². The molecule has 2 saturated heterocycles. The van der Waals surface area contributed by atoms with Crippen LogP contribution in [0.5, 0.6) is 0 Å². The molecule has 3 nitrogen and oxygen atoms in total. The highest BCUT2D eigenvalue weighted by Crippen LogP contribution is 2.22. The monoisotopic (exact) mass is 494 g/mol. The second kappa shape index (κ2) is 21.9. The molecule has 0 aromatic heterocycles. The van der Waals surface area contributed by atoms with E-state index in [9.17, 15) is 0 Å². The molecule has 2 aliphatic heterocycles. The van der Waals surface area contributed by atoms with E-state index in [1.807, 2.05) is 0 Å². The third-order valence-electron chi connectivity index (χ3n) is 8.49. The molecule has 0 radical (unpaired) electrons. The molecular weight excluding hydrogens is 432 g/mol. The third-order valence-corrected chi connectivity index (χ3v) is 8.49. The number of hydrogen-bond donors (Lipinski definition) is 0. The van der Waals surface area contributed by atoms with E-state index in [1.54, 1.807) is 0 Å². The van der Waals surface area contributed by atoms with Crippen LogP contribution in [0.25, 0.3) is 0 Å². The summed E-state index contributed by atoms with van der Waals surface area (Å²) in [7, 11) is 0. The quantitative estimate of drug-likeness (QED) is 0.112. The lowest BCUT2D eigenvalue weighted by atomic mass is 10.0. The van der Waals surface area contributed by atoms with Gasteiger partial charge >= 0.3 is 0 Å². The molecule has 0 aliphatic carbocycles. The van der Waals surface area contributed by atoms with E-state index in [-0.39, 0.29) is 0 Å². The zero-order valence-electron chi connectivity index (χ0n) is 23.9. The number of rotatable bonds is 26. The van der Waals surface area contributed by atoms with Crippen LogP contribution < -0.4 is 0 Å². The second-order valence-corrected chi connectivity index (χ2v) is 11.6. The van der Waals surface area contributed by atoms with Gasteiger partial charge < -0.3 is 14.2 Å². The lowest BCUT2D eigenvalue weighted by Gasteiger charge is -2.26. The molecule has 0 N–H and O–H groups in total. The van der Waals surface area contributed by atoms with Crippen molar-refractivity contribution in [2.75, 3.05) is 13.2 Å². The molecule has 2 heterocycles. The van der Waals surface area contributed by atoms with Crippen LogP contribution in [0.1, 0.15) is 168 Å². The van der Waals surface area contributed by atoms with Crippen molar-refractivity contribution < 1.29 is 14.2 Å². The molecule has 35 heavy (non-hydrogen) atoms. The topological polar surface area (TPSA) is 27.7 Å². The summed E-state index contributed by atoms with van der Waals surface area (Å²) in [6.45, 7) is 6.63. The van der Waals surface area contributed by atoms with Gasteiger partial charge in [0.1, 0.15) is 0 Å². The molecule has 4 unspecified atom stereocenters. The molecule has 0 saturated carbocycles. The normalized spacial score (nSPS) is 21.4. The smallest absolute Gasteiger partial charge is 0.0597 e. The van der Waals surface area contributed by atoms with E-state index >= 15 is 0 Å². The lowest BCUT2D eigenvalue weighted by Crippen LogP contribution is -2.26. The molecule has 0 spiro atoms. The van der Waals surface area contributed by atoms with E-state index in [4.69, 9.17) is 14.2 Å². The predicted octanol–water partition coefficient (Wildman–Crippen LogP) is 9.94. The molecule has 2 aliphatic rings. The van der Waals surface area contributed by atoms with Crippen molar-refractivity contribution >= 4 is 0 Å². The van der Waals surface area contributed by atoms with Gasteiger partial charge in [-0.15, -0.1) is 0 Å². The fourth-order valence-corrected chi connectivity index (χ4v) is 5.64. The molecular formula is C32H62O3. The minimum atomic E-state index is 0.485. The van der Waals surface area contributed by atoms with Gasteiger partial charge in [0.05, 0.1) is 24.4 Å². The zero-order valence-corrected chi connectivity index (χ0v) is 23.9. The summed E-state index contributed by atoms with van der Waals surface area (Å²) in [4.78, 5) is 0. The summed E-state index contributed by atoms with van der Waals surface area (Å²) >= 11 is 0. The first-order valence-corrected chi connectivity index (χ1v) is 16.2. The Balaban J connectivity index is 1.32. The molecule has 0 aromatic carbocycles. The highest BCUT2D eigenvalue weighted by molar-refractivity contribution is 4.67. The van der Waals surface area contributed by atoms with Crippen LogP contribution in [0.4, 0.5) is 0 Å². The van der Waals surface area contributed by atoms with Crippen LogP contribution >= 0.6 is 0 Å². The molecule has 3 heteroatoms. The SMILES string of the molecule is CCC(CCCCCCCCCCC1CCO1)OC(CC)CCCCCCCCCCC1CCO1. The molecule has 0 amide bonds. The second-order valence-electron chi connectivity index (χ2n) is 11.6. The van der Waals surface area contributed by atoms with Crippen molar-refractivity contribution in [3.8, 4) is 0 Å². The first kappa shape index (κ1) is 31.1. The standard InChI is InChI=1S/C32H62O3/c1-3-29(21-17-13-9-5-7-11-15-19-23-31-25-27-33-31)35-30(4-2)22-18-14-10-6-8-12-16-20-24-32-26-28-34-32/h29-32H,3-28H2,1-2H3. The van der Waals surface area contributed by atoms with E-state index < -0.39 is 0 Å². The minimum Gasteiger partial charge on any atom is -0.378 e. The summed E-state index contributed by atoms with van der Waals surface area (Å²) in [5.41, 5.74) is 0. The third kappa shape index (κ3) is 16.4. The van der Waals surface area contributed by atoms with Crippen molar-refractivity contribution in [2.24, 2.45) is 0 Å². The van der Waals surface area contributed by atoms with Crippen molar-refractivity contribution in [3.63, 3.8) is 0 Å². The molecule has 2 rings (SSSR count). The van der Waals surface area contributed by atoms with Crippen LogP contribution in [-0.2, 0) is 14.2 Å². The average molecular weight is 495 g/mol. The van der Waals surface area contributed by atoms with Gasteiger partial charge in [-0.05, 0) is 51.4 Å². The van der Waals surface area contributed by atoms with Crippen molar-refractivity contribution in [2.45, 2.75) is 192 Å². The highest BCUT2D eigenvalue weighted by atomic mass is 16.5. The summed E-state index contributed by atoms with van der Waals surface area (Å²) < 4.78 is 17.5. The summed E-state index contributed by atoms with van der Waals surface area (Å²) in [5, 5.41) is 0. The number of unbranched alkanes of at least 4 members (excludes halogenated alkanes) is 14. The van der Waals surface area contributed by atoms with Crippen molar-refractivity contribution in [1.82, 2.24) is 0 Å². The Morgan fingerprint density at radius 3 is 1.11 bits per heavy atom. The molecule has 208 valence electrons. The van der Waals surface area contributed by atoms with Crippen LogP contribution in [0.3, 0.4) is 0 Å². The molecule has 0 aromatic rings. The van der Waals surface area contributed by atoms with Crippen molar-refractivity contribution in [3.05, 3.63) is 0 Å². The van der Waals surface area contributed by atoms with E-state index in [2.05, 4.69) is 13.8 Å². The Morgan fingerprint density at radius 2 is 0.829 bits per heavy atom. The van der Waals surface area contributed by atoms with Crippen LogP contribution in [0.2, 0.25) is 0 Å². The van der Waals surface area contributed by atoms with Gasteiger partial charge in [-0.1, -0.05) is 117 Å². The van der Waals surface area contributed by atoms with Gasteiger partial charge in [-0.25, -0.2) is 0 Å². The Morgan fingerprint density at radius 1 is 0.514 bits per heavy atom. The van der Waals surface area contributed by atoms with Gasteiger partial charge in [0.25, 0.3) is 0 Å². The lowest BCUT2D eigenvalue weighted by molar-refractivity contribution is -0.0557. The number of ether oxygens (including phenoxy) is 3. The van der Waals surface area contributed by atoms with Crippen LogP contribution in [0.15, 0.2) is 0 Å². The molecule has 0 bridgehead atoms. The minimum absolute atomic E-state index is 0.485. The number of hydrogen-bond acceptors (Lipinski definition) is 3. The van der Waals surface area contributed by atoms with E-state index in [0.29, 0.717) is 24.4 Å². The summed E-state index contributed by atoms with van der Waals surface area (Å²) in [6.07, 6.45) is 34.7. The van der Waals surface area contributed by atoms with Gasteiger partial charge in [-0.3, -0.25) is 0 Å². The average Bonchev–Trinajstić information content (AvgIpc) is 2.81. The maximum Gasteiger partial charge on any atom is 0.0597 e. The van der Waals surface area contributed by atoms with Crippen molar-refractivity contribution in [1.29, 1.82) is 0 Å². The highest BCUT2D eigenvalue weighted by Gasteiger charge is 2.17. The maximum absolute atomic E-state index is 6.54. The fourth-order valence-electron chi connectivity index (χ4n) is 5.64. The van der Waals surface area contributed by atoms with E-state index in [0.717, 1.165) is 13.2 Å². The van der Waals surface area contributed by atoms with Crippen LogP contribution in [0, 0.1) is 0 Å². The molecule has 2 fully saturated rings. The Kier molecular flexibility index (Phi) is 19.5. The van der Waals surface area contributed by atoms with Gasteiger partial charge in [0, 0.05) is 13.2 Å². The van der Waals surface area contributed by atoms with Gasteiger partial charge in [-0.2, -0.15) is 0 Å². The Labute approximate surface area is 219 Å². The first-order valence-electron chi connectivity index (χ1n) is 16.2. The first-order chi connectivity index (χ1) is 17.3.